The maximum Gasteiger partial charge on any atom is 0.237 e. The lowest BCUT2D eigenvalue weighted by molar-refractivity contribution is -0.124. The van der Waals surface area contributed by atoms with Crippen molar-refractivity contribution in [3.05, 3.63) is 0 Å². The molecule has 0 bridgehead atoms. The Morgan fingerprint density at radius 2 is 2.20 bits per heavy atom. The maximum absolute atomic E-state index is 11.6. The number of hydrogen-bond donors (Lipinski definition) is 3. The molecule has 4 nitrogen and oxygen atoms in total. The van der Waals surface area contributed by atoms with Crippen LogP contribution in [0.15, 0.2) is 0 Å². The van der Waals surface area contributed by atoms with E-state index in [0.717, 1.165) is 25.9 Å². The van der Waals surface area contributed by atoms with Crippen LogP contribution < -0.4 is 16.4 Å². The van der Waals surface area contributed by atoms with Crippen molar-refractivity contribution in [1.82, 2.24) is 10.6 Å². The van der Waals surface area contributed by atoms with Gasteiger partial charge < -0.3 is 16.4 Å². The fraction of sp³-hybridized carbons (Fsp3) is 0.900. The summed E-state index contributed by atoms with van der Waals surface area (Å²) in [5.41, 5.74) is 5.74. The number of rotatable bonds is 3. The van der Waals surface area contributed by atoms with E-state index in [4.69, 9.17) is 5.73 Å². The highest BCUT2D eigenvalue weighted by Crippen LogP contribution is 2.03. The topological polar surface area (TPSA) is 67.2 Å². The van der Waals surface area contributed by atoms with Crippen molar-refractivity contribution >= 4 is 18.3 Å². The van der Waals surface area contributed by atoms with Gasteiger partial charge in [0, 0.05) is 12.6 Å². The van der Waals surface area contributed by atoms with E-state index in [2.05, 4.69) is 10.6 Å². The summed E-state index contributed by atoms with van der Waals surface area (Å²) in [6, 6.07) is -0.113. The van der Waals surface area contributed by atoms with Crippen molar-refractivity contribution in [2.24, 2.45) is 11.7 Å². The lowest BCUT2D eigenvalue weighted by atomic mass is 10.0. The number of carbonyl (C=O) groups is 1. The summed E-state index contributed by atoms with van der Waals surface area (Å²) >= 11 is 0. The highest BCUT2D eigenvalue weighted by Gasteiger charge is 2.21. The largest absolute Gasteiger partial charge is 0.351 e. The summed E-state index contributed by atoms with van der Waals surface area (Å²) in [5, 5.41) is 6.23. The normalized spacial score (nSPS) is 23.1. The van der Waals surface area contributed by atoms with Crippen LogP contribution in [0, 0.1) is 5.92 Å². The van der Waals surface area contributed by atoms with E-state index in [1.54, 1.807) is 0 Å². The molecule has 4 N–H and O–H groups in total. The molecule has 1 unspecified atom stereocenters. The molecule has 15 heavy (non-hydrogen) atoms. The molecule has 1 heterocycles. The third-order valence-corrected chi connectivity index (χ3v) is 2.66. The Bertz CT molecular complexity index is 193. The standard InChI is InChI=1S/C10H21N3O.ClH/c1-7(2)9(11)10(14)13-8-4-3-5-12-6-8;/h7-9,12H,3-6,11H2,1-2H3,(H,13,14);1H/t8?,9-;/m1./s1. The van der Waals surface area contributed by atoms with Gasteiger partial charge in [0.1, 0.15) is 0 Å². The van der Waals surface area contributed by atoms with Crippen molar-refractivity contribution in [3.8, 4) is 0 Å². The maximum atomic E-state index is 11.6. The second kappa shape index (κ2) is 7.04. The van der Waals surface area contributed by atoms with Crippen LogP contribution in [-0.2, 0) is 4.79 Å². The third-order valence-electron chi connectivity index (χ3n) is 2.66. The van der Waals surface area contributed by atoms with E-state index in [9.17, 15) is 4.79 Å². The Hall–Kier alpha value is -0.320. The van der Waals surface area contributed by atoms with Crippen LogP contribution in [0.5, 0.6) is 0 Å². The zero-order valence-electron chi connectivity index (χ0n) is 9.45. The Kier molecular flexibility index (Phi) is 6.89. The van der Waals surface area contributed by atoms with Crippen LogP contribution in [-0.4, -0.2) is 31.1 Å². The molecule has 0 saturated carbocycles. The minimum atomic E-state index is -0.378. The molecule has 1 aliphatic heterocycles. The molecule has 1 amide bonds. The van der Waals surface area contributed by atoms with Gasteiger partial charge in [0.25, 0.3) is 0 Å². The molecule has 0 aliphatic carbocycles. The van der Waals surface area contributed by atoms with Gasteiger partial charge >= 0.3 is 0 Å². The quantitative estimate of drug-likeness (QED) is 0.658. The zero-order valence-corrected chi connectivity index (χ0v) is 10.3. The second-order valence-corrected chi connectivity index (χ2v) is 4.32. The Balaban J connectivity index is 0.00000196. The van der Waals surface area contributed by atoms with Crippen molar-refractivity contribution in [2.45, 2.75) is 38.8 Å². The molecule has 5 heteroatoms. The average molecular weight is 236 g/mol. The van der Waals surface area contributed by atoms with Gasteiger partial charge in [-0.05, 0) is 25.3 Å². The van der Waals surface area contributed by atoms with E-state index in [0.29, 0.717) is 0 Å². The molecular formula is C10H22ClN3O. The lowest BCUT2D eigenvalue weighted by Crippen LogP contribution is -2.52. The molecule has 0 aromatic carbocycles. The molecule has 1 fully saturated rings. The fourth-order valence-electron chi connectivity index (χ4n) is 1.58. The predicted octanol–water partition coefficient (Wildman–Crippen LogP) is 0.260. The number of carbonyl (C=O) groups excluding carboxylic acids is 1. The van der Waals surface area contributed by atoms with Gasteiger partial charge in [-0.25, -0.2) is 0 Å². The molecule has 1 rings (SSSR count). The first kappa shape index (κ1) is 14.7. The van der Waals surface area contributed by atoms with Crippen molar-refractivity contribution in [1.29, 1.82) is 0 Å². The van der Waals surface area contributed by atoms with Gasteiger partial charge in [0.05, 0.1) is 6.04 Å². The van der Waals surface area contributed by atoms with Gasteiger partial charge in [-0.15, -0.1) is 12.4 Å². The Morgan fingerprint density at radius 3 is 2.67 bits per heavy atom. The average Bonchev–Trinajstić information content (AvgIpc) is 2.18. The monoisotopic (exact) mass is 235 g/mol. The zero-order chi connectivity index (χ0) is 10.6. The number of piperidine rings is 1. The molecular weight excluding hydrogens is 214 g/mol. The first-order chi connectivity index (χ1) is 6.61. The molecule has 0 spiro atoms. The van der Waals surface area contributed by atoms with Gasteiger partial charge in [-0.1, -0.05) is 13.8 Å². The van der Waals surface area contributed by atoms with E-state index in [-0.39, 0.29) is 36.3 Å². The van der Waals surface area contributed by atoms with Crippen LogP contribution in [0.25, 0.3) is 0 Å². The Morgan fingerprint density at radius 1 is 1.53 bits per heavy atom. The van der Waals surface area contributed by atoms with Crippen LogP contribution in [0.4, 0.5) is 0 Å². The minimum absolute atomic E-state index is 0. The summed E-state index contributed by atoms with van der Waals surface area (Å²) in [6.45, 7) is 5.85. The number of halogens is 1. The predicted molar refractivity (Wildman–Crippen MR) is 64.1 cm³/mol. The third kappa shape index (κ3) is 4.82. The molecule has 0 aromatic rings. The number of hydrogen-bond acceptors (Lipinski definition) is 3. The Labute approximate surface area is 97.8 Å². The van der Waals surface area contributed by atoms with Gasteiger partial charge in [0.15, 0.2) is 0 Å². The molecule has 90 valence electrons. The smallest absolute Gasteiger partial charge is 0.237 e. The first-order valence-corrected chi connectivity index (χ1v) is 5.38. The molecule has 0 aromatic heterocycles. The summed E-state index contributed by atoms with van der Waals surface area (Å²) in [7, 11) is 0. The van der Waals surface area contributed by atoms with E-state index >= 15 is 0 Å². The highest BCUT2D eigenvalue weighted by atomic mass is 35.5. The fourth-order valence-corrected chi connectivity index (χ4v) is 1.58. The lowest BCUT2D eigenvalue weighted by Gasteiger charge is -2.26. The van der Waals surface area contributed by atoms with E-state index in [1.165, 1.54) is 0 Å². The van der Waals surface area contributed by atoms with E-state index in [1.807, 2.05) is 13.8 Å². The number of nitrogens with two attached hydrogens (primary N) is 1. The van der Waals surface area contributed by atoms with E-state index < -0.39 is 0 Å². The van der Waals surface area contributed by atoms with Gasteiger partial charge in [-0.2, -0.15) is 0 Å². The summed E-state index contributed by atoms with van der Waals surface area (Å²) in [5.74, 6) is 0.181. The van der Waals surface area contributed by atoms with Crippen molar-refractivity contribution in [2.75, 3.05) is 13.1 Å². The van der Waals surface area contributed by atoms with Gasteiger partial charge in [-0.3, -0.25) is 4.79 Å². The first-order valence-electron chi connectivity index (χ1n) is 5.38. The van der Waals surface area contributed by atoms with Gasteiger partial charge in [0.2, 0.25) is 5.91 Å². The molecule has 0 radical (unpaired) electrons. The van der Waals surface area contributed by atoms with Crippen LogP contribution in [0.1, 0.15) is 26.7 Å². The SMILES string of the molecule is CC(C)[C@@H](N)C(=O)NC1CCCNC1.Cl. The molecule has 1 aliphatic rings. The highest BCUT2D eigenvalue weighted by molar-refractivity contribution is 5.85. The van der Waals surface area contributed by atoms with Crippen molar-refractivity contribution < 1.29 is 4.79 Å². The number of nitrogens with one attached hydrogen (secondary N) is 2. The van der Waals surface area contributed by atoms with Crippen LogP contribution in [0.2, 0.25) is 0 Å². The summed E-state index contributed by atoms with van der Waals surface area (Å²) in [4.78, 5) is 11.6. The van der Waals surface area contributed by atoms with Crippen LogP contribution >= 0.6 is 12.4 Å². The van der Waals surface area contributed by atoms with Crippen molar-refractivity contribution in [3.63, 3.8) is 0 Å². The second-order valence-electron chi connectivity index (χ2n) is 4.32. The summed E-state index contributed by atoms with van der Waals surface area (Å²) in [6.07, 6.45) is 2.19. The molecule has 2 atom stereocenters. The minimum Gasteiger partial charge on any atom is -0.351 e. The molecule has 1 saturated heterocycles. The summed E-state index contributed by atoms with van der Waals surface area (Å²) < 4.78 is 0. The number of amides is 1. The van der Waals surface area contributed by atoms with Crippen LogP contribution in [0.3, 0.4) is 0 Å².